The molecule has 0 saturated heterocycles. The molecule has 5 rings (SSSR count). The number of amides is 1. The van der Waals surface area contributed by atoms with E-state index >= 15 is 0 Å². The van der Waals surface area contributed by atoms with E-state index in [9.17, 15) is 9.59 Å². The first-order valence-corrected chi connectivity index (χ1v) is 9.40. The van der Waals surface area contributed by atoms with Gasteiger partial charge in [-0.2, -0.15) is 0 Å². The van der Waals surface area contributed by atoms with Gasteiger partial charge in [-0.15, -0.1) is 11.3 Å². The molecule has 0 unspecified atom stereocenters. The van der Waals surface area contributed by atoms with Crippen LogP contribution in [0.5, 0.6) is 0 Å². The lowest BCUT2D eigenvalue weighted by Crippen LogP contribution is -2.35. The van der Waals surface area contributed by atoms with Crippen LogP contribution in [0.1, 0.15) is 39.7 Å². The van der Waals surface area contributed by atoms with Gasteiger partial charge in [-0.3, -0.25) is 14.2 Å². The summed E-state index contributed by atoms with van der Waals surface area (Å²) in [7, 11) is 0. The van der Waals surface area contributed by atoms with Crippen LogP contribution in [-0.2, 0) is 13.0 Å². The Bertz CT molecular complexity index is 1030. The Kier molecular flexibility index (Phi) is 3.28. The Hall–Kier alpha value is -2.47. The molecule has 3 heterocycles. The Balaban J connectivity index is 1.52. The van der Waals surface area contributed by atoms with Gasteiger partial charge in [0.15, 0.2) is 0 Å². The van der Waals surface area contributed by atoms with Crippen molar-refractivity contribution in [3.8, 4) is 0 Å². The van der Waals surface area contributed by atoms with E-state index < -0.39 is 0 Å². The Labute approximate surface area is 148 Å². The molecule has 25 heavy (non-hydrogen) atoms. The zero-order valence-electron chi connectivity index (χ0n) is 13.6. The first kappa shape index (κ1) is 14.8. The molecule has 6 heteroatoms. The van der Waals surface area contributed by atoms with Crippen molar-refractivity contribution < 1.29 is 4.79 Å². The first-order valence-electron chi connectivity index (χ1n) is 8.58. The third-order valence-corrected chi connectivity index (χ3v) is 6.16. The van der Waals surface area contributed by atoms with Crippen LogP contribution in [-0.4, -0.2) is 26.9 Å². The number of benzene rings is 1. The van der Waals surface area contributed by atoms with E-state index in [4.69, 9.17) is 0 Å². The van der Waals surface area contributed by atoms with E-state index in [1.54, 1.807) is 22.2 Å². The predicted molar refractivity (Wildman–Crippen MR) is 97.0 cm³/mol. The summed E-state index contributed by atoms with van der Waals surface area (Å²) in [5, 5.41) is 0.779. The molecule has 0 atom stereocenters. The van der Waals surface area contributed by atoms with Gasteiger partial charge in [-0.05, 0) is 37.0 Å². The number of thiophene rings is 1. The quantitative estimate of drug-likeness (QED) is 0.713. The number of aromatic nitrogens is 2. The van der Waals surface area contributed by atoms with Gasteiger partial charge < -0.3 is 4.90 Å². The molecule has 0 N–H and O–H groups in total. The van der Waals surface area contributed by atoms with Crippen LogP contribution in [0.3, 0.4) is 0 Å². The van der Waals surface area contributed by atoms with E-state index in [0.717, 1.165) is 39.9 Å². The maximum atomic E-state index is 12.8. The Morgan fingerprint density at radius 3 is 2.76 bits per heavy atom. The molecule has 1 aliphatic heterocycles. The molecule has 0 radical (unpaired) electrons. The number of rotatable bonds is 2. The molecule has 3 aromatic rings. The van der Waals surface area contributed by atoms with E-state index in [1.807, 2.05) is 35.2 Å². The summed E-state index contributed by atoms with van der Waals surface area (Å²) < 4.78 is 1.79. The van der Waals surface area contributed by atoms with Crippen molar-refractivity contribution in [2.24, 2.45) is 0 Å². The van der Waals surface area contributed by atoms with Gasteiger partial charge in [0.05, 0.1) is 18.3 Å². The van der Waals surface area contributed by atoms with Gasteiger partial charge in [0.25, 0.3) is 11.5 Å². The average molecular weight is 351 g/mol. The Morgan fingerprint density at radius 1 is 1.20 bits per heavy atom. The van der Waals surface area contributed by atoms with Crippen molar-refractivity contribution in [3.05, 3.63) is 63.0 Å². The van der Waals surface area contributed by atoms with E-state index in [1.165, 1.54) is 0 Å². The van der Waals surface area contributed by atoms with Gasteiger partial charge in [-0.1, -0.05) is 18.2 Å². The third kappa shape index (κ3) is 2.40. The molecular formula is C19H17N3O2S. The zero-order valence-corrected chi connectivity index (χ0v) is 14.5. The minimum absolute atomic E-state index is 0.0482. The molecule has 1 fully saturated rings. The van der Waals surface area contributed by atoms with Gasteiger partial charge in [-0.25, -0.2) is 4.98 Å². The lowest BCUT2D eigenvalue weighted by atomic mass is 10.0. The predicted octanol–water partition coefficient (Wildman–Crippen LogP) is 2.99. The summed E-state index contributed by atoms with van der Waals surface area (Å²) in [5.74, 6) is 0.0482. The molecule has 1 saturated carbocycles. The molecule has 0 spiro atoms. The highest BCUT2D eigenvalue weighted by Gasteiger charge is 2.29. The summed E-state index contributed by atoms with van der Waals surface area (Å²) in [6, 6.07) is 9.70. The molecule has 1 amide bonds. The fraction of sp³-hybridized carbons (Fsp3) is 0.316. The summed E-state index contributed by atoms with van der Waals surface area (Å²) in [6.07, 6.45) is 4.55. The maximum absolute atomic E-state index is 12.8. The van der Waals surface area contributed by atoms with E-state index in [2.05, 4.69) is 4.98 Å². The largest absolute Gasteiger partial charge is 0.333 e. The number of hydrogen-bond donors (Lipinski definition) is 0. The maximum Gasteiger partial charge on any atom is 0.262 e. The standard InChI is InChI=1S/C19H17N3O2S/c23-18(12-4-2-1-3-5-12)21-9-8-14-15(10-21)25-17-16(14)19(24)22(11-20-17)13-6-7-13/h1-5,11,13H,6-10H2. The second kappa shape index (κ2) is 5.52. The molecule has 1 aliphatic carbocycles. The van der Waals surface area contributed by atoms with Crippen LogP contribution < -0.4 is 5.56 Å². The van der Waals surface area contributed by atoms with Crippen molar-refractivity contribution in [2.75, 3.05) is 6.54 Å². The summed E-state index contributed by atoms with van der Waals surface area (Å²) in [6.45, 7) is 1.21. The molecule has 5 nitrogen and oxygen atoms in total. The minimum atomic E-state index is 0.0482. The summed E-state index contributed by atoms with van der Waals surface area (Å²) >= 11 is 1.55. The average Bonchev–Trinajstić information content (AvgIpc) is 3.41. The number of nitrogens with zero attached hydrogens (tertiary/aromatic N) is 3. The van der Waals surface area contributed by atoms with Crippen LogP contribution in [0.15, 0.2) is 41.5 Å². The van der Waals surface area contributed by atoms with Crippen LogP contribution >= 0.6 is 11.3 Å². The van der Waals surface area contributed by atoms with Crippen molar-refractivity contribution in [2.45, 2.75) is 31.8 Å². The third-order valence-electron chi connectivity index (χ3n) is 5.03. The van der Waals surface area contributed by atoms with Crippen molar-refractivity contribution in [1.82, 2.24) is 14.5 Å². The molecular weight excluding hydrogens is 334 g/mol. The van der Waals surface area contributed by atoms with Crippen molar-refractivity contribution >= 4 is 27.5 Å². The molecule has 0 bridgehead atoms. The highest BCUT2D eigenvalue weighted by Crippen LogP contribution is 2.36. The van der Waals surface area contributed by atoms with Crippen molar-refractivity contribution in [3.63, 3.8) is 0 Å². The second-order valence-corrected chi connectivity index (χ2v) is 7.80. The first-order chi connectivity index (χ1) is 12.2. The van der Waals surface area contributed by atoms with E-state index in [-0.39, 0.29) is 11.5 Å². The minimum Gasteiger partial charge on any atom is -0.333 e. The number of fused-ring (bicyclic) bond motifs is 3. The van der Waals surface area contributed by atoms with Gasteiger partial charge in [0.2, 0.25) is 0 Å². The number of carbonyl (C=O) groups excluding carboxylic acids is 1. The lowest BCUT2D eigenvalue weighted by Gasteiger charge is -2.27. The summed E-state index contributed by atoms with van der Waals surface area (Å²) in [5.41, 5.74) is 1.90. The van der Waals surface area contributed by atoms with Crippen LogP contribution in [0.2, 0.25) is 0 Å². The zero-order chi connectivity index (χ0) is 17.0. The molecule has 1 aromatic carbocycles. The Morgan fingerprint density at radius 2 is 2.00 bits per heavy atom. The van der Waals surface area contributed by atoms with Gasteiger partial charge in [0, 0.05) is 23.0 Å². The van der Waals surface area contributed by atoms with Crippen LogP contribution in [0.4, 0.5) is 0 Å². The summed E-state index contributed by atoms with van der Waals surface area (Å²) in [4.78, 5) is 33.8. The molecule has 2 aromatic heterocycles. The van der Waals surface area contributed by atoms with Crippen molar-refractivity contribution in [1.29, 1.82) is 0 Å². The van der Waals surface area contributed by atoms with E-state index in [0.29, 0.717) is 24.7 Å². The topological polar surface area (TPSA) is 55.2 Å². The lowest BCUT2D eigenvalue weighted by molar-refractivity contribution is 0.0737. The second-order valence-electron chi connectivity index (χ2n) is 6.71. The smallest absolute Gasteiger partial charge is 0.262 e. The normalized spacial score (nSPS) is 16.9. The van der Waals surface area contributed by atoms with Gasteiger partial charge in [0.1, 0.15) is 4.83 Å². The molecule has 126 valence electrons. The van der Waals surface area contributed by atoms with Gasteiger partial charge >= 0.3 is 0 Å². The number of carbonyl (C=O) groups is 1. The van der Waals surface area contributed by atoms with Crippen LogP contribution in [0, 0.1) is 0 Å². The SMILES string of the molecule is O=C(c1ccccc1)N1CCc2c(sc3ncn(C4CC4)c(=O)c23)C1. The fourth-order valence-electron chi connectivity index (χ4n) is 3.55. The molecule has 2 aliphatic rings. The van der Waals surface area contributed by atoms with Crippen LogP contribution in [0.25, 0.3) is 10.2 Å². The fourth-order valence-corrected chi connectivity index (χ4v) is 4.74. The number of hydrogen-bond acceptors (Lipinski definition) is 4. The monoisotopic (exact) mass is 351 g/mol. The highest BCUT2D eigenvalue weighted by atomic mass is 32.1. The highest BCUT2D eigenvalue weighted by molar-refractivity contribution is 7.18.